The maximum Gasteiger partial charge on any atom is 0.250 e. The van der Waals surface area contributed by atoms with E-state index in [1.807, 2.05) is 24.3 Å². The second kappa shape index (κ2) is 10.9. The molecule has 25 heavy (non-hydrogen) atoms. The Morgan fingerprint density at radius 2 is 2.12 bits per heavy atom. The minimum atomic E-state index is -0.230. The number of hydrogen-bond donors (Lipinski definition) is 1. The van der Waals surface area contributed by atoms with Gasteiger partial charge in [0.2, 0.25) is 11.0 Å². The van der Waals surface area contributed by atoms with E-state index < -0.39 is 0 Å². The summed E-state index contributed by atoms with van der Waals surface area (Å²) in [6.45, 7) is 4.87. The third kappa shape index (κ3) is 6.88. The number of unbranched alkanes of at least 4 members (excludes halogenated alkanes) is 1. The number of nitrogens with zero attached hydrogens (tertiary/aromatic N) is 2. The lowest BCUT2D eigenvalue weighted by Gasteiger charge is -2.07. The van der Waals surface area contributed by atoms with Crippen molar-refractivity contribution >= 4 is 40.2 Å². The van der Waals surface area contributed by atoms with Crippen molar-refractivity contribution in [3.8, 4) is 5.75 Å². The molecule has 0 aliphatic rings. The number of para-hydroxylation sites is 1. The average molecular weight is 378 g/mol. The molecule has 0 aliphatic carbocycles. The van der Waals surface area contributed by atoms with Crippen molar-refractivity contribution in [2.75, 3.05) is 17.7 Å². The lowest BCUT2D eigenvalue weighted by molar-refractivity contribution is -0.111. The van der Waals surface area contributed by atoms with E-state index in [0.717, 1.165) is 40.7 Å². The van der Waals surface area contributed by atoms with Crippen molar-refractivity contribution < 1.29 is 9.53 Å². The normalized spacial score (nSPS) is 11.0. The Morgan fingerprint density at radius 1 is 1.28 bits per heavy atom. The lowest BCUT2D eigenvalue weighted by Crippen LogP contribution is -2.07. The highest BCUT2D eigenvalue weighted by Gasteiger charge is 2.07. The molecule has 0 atom stereocenters. The van der Waals surface area contributed by atoms with Crippen LogP contribution in [-0.4, -0.2) is 28.5 Å². The van der Waals surface area contributed by atoms with E-state index in [0.29, 0.717) is 11.7 Å². The second-order valence-corrected chi connectivity index (χ2v) is 7.60. The van der Waals surface area contributed by atoms with Crippen molar-refractivity contribution in [1.29, 1.82) is 0 Å². The SMILES string of the molecule is CCCCSc1nnc(NC(=O)/C=C/c2ccccc2OCCC)s1. The summed E-state index contributed by atoms with van der Waals surface area (Å²) in [4.78, 5) is 12.1. The predicted octanol–water partition coefficient (Wildman–Crippen LogP) is 4.87. The molecule has 7 heteroatoms. The van der Waals surface area contributed by atoms with Crippen LogP contribution in [-0.2, 0) is 4.79 Å². The number of carbonyl (C=O) groups excluding carboxylic acids is 1. The first-order chi connectivity index (χ1) is 12.2. The average Bonchev–Trinajstić information content (AvgIpc) is 3.06. The van der Waals surface area contributed by atoms with Crippen LogP contribution in [0.15, 0.2) is 34.7 Å². The van der Waals surface area contributed by atoms with Crippen molar-refractivity contribution in [1.82, 2.24) is 10.2 Å². The van der Waals surface area contributed by atoms with Gasteiger partial charge in [-0.1, -0.05) is 61.6 Å². The summed E-state index contributed by atoms with van der Waals surface area (Å²) in [5.74, 6) is 1.57. The van der Waals surface area contributed by atoms with Crippen molar-refractivity contribution in [3.63, 3.8) is 0 Å². The van der Waals surface area contributed by atoms with Gasteiger partial charge in [0.15, 0.2) is 4.34 Å². The van der Waals surface area contributed by atoms with E-state index in [9.17, 15) is 4.79 Å². The van der Waals surface area contributed by atoms with Crippen molar-refractivity contribution in [3.05, 3.63) is 35.9 Å². The largest absolute Gasteiger partial charge is 0.493 e. The number of rotatable bonds is 10. The number of hydrogen-bond acceptors (Lipinski definition) is 6. The Kier molecular flexibility index (Phi) is 8.48. The first kappa shape index (κ1) is 19.5. The third-order valence-electron chi connectivity index (χ3n) is 3.15. The van der Waals surface area contributed by atoms with Gasteiger partial charge in [-0.25, -0.2) is 0 Å². The third-order valence-corrected chi connectivity index (χ3v) is 5.21. The molecule has 5 nitrogen and oxygen atoms in total. The van der Waals surface area contributed by atoms with Gasteiger partial charge in [-0.3, -0.25) is 10.1 Å². The van der Waals surface area contributed by atoms with Gasteiger partial charge in [-0.2, -0.15) is 0 Å². The van der Waals surface area contributed by atoms with Gasteiger partial charge in [-0.15, -0.1) is 10.2 Å². The molecule has 1 heterocycles. The fourth-order valence-electron chi connectivity index (χ4n) is 1.90. The van der Waals surface area contributed by atoms with E-state index in [1.165, 1.54) is 17.4 Å². The number of nitrogens with one attached hydrogen (secondary N) is 1. The molecule has 2 aromatic rings. The molecule has 0 bridgehead atoms. The van der Waals surface area contributed by atoms with E-state index >= 15 is 0 Å². The number of benzene rings is 1. The highest BCUT2D eigenvalue weighted by Crippen LogP contribution is 2.26. The first-order valence-corrected chi connectivity index (χ1v) is 10.2. The lowest BCUT2D eigenvalue weighted by atomic mass is 10.2. The Hall–Kier alpha value is -1.86. The van der Waals surface area contributed by atoms with Crippen LogP contribution in [0.5, 0.6) is 5.75 Å². The molecule has 2 rings (SSSR count). The summed E-state index contributed by atoms with van der Waals surface area (Å²) in [7, 11) is 0. The quantitative estimate of drug-likeness (QED) is 0.277. The molecule has 0 aliphatic heterocycles. The Bertz CT molecular complexity index is 701. The van der Waals surface area contributed by atoms with Crippen LogP contribution >= 0.6 is 23.1 Å². The molecule has 0 saturated carbocycles. The Labute approximate surface area is 156 Å². The monoisotopic (exact) mass is 377 g/mol. The topological polar surface area (TPSA) is 64.1 Å². The zero-order valence-corrected chi connectivity index (χ0v) is 16.2. The molecule has 0 radical (unpaired) electrons. The van der Waals surface area contributed by atoms with Gasteiger partial charge >= 0.3 is 0 Å². The summed E-state index contributed by atoms with van der Waals surface area (Å²) in [6, 6.07) is 7.66. The van der Waals surface area contributed by atoms with Crippen LogP contribution in [0.3, 0.4) is 0 Å². The highest BCUT2D eigenvalue weighted by molar-refractivity contribution is 8.01. The van der Waals surface area contributed by atoms with Gasteiger partial charge in [-0.05, 0) is 25.0 Å². The maximum absolute atomic E-state index is 12.1. The van der Waals surface area contributed by atoms with Crippen LogP contribution in [0.25, 0.3) is 6.08 Å². The number of amides is 1. The number of thioether (sulfide) groups is 1. The van der Waals surface area contributed by atoms with E-state index in [1.54, 1.807) is 17.8 Å². The molecule has 1 aromatic heterocycles. The fraction of sp³-hybridized carbons (Fsp3) is 0.389. The zero-order valence-electron chi connectivity index (χ0n) is 14.5. The molecule has 0 unspecified atom stereocenters. The van der Waals surface area contributed by atoms with Crippen LogP contribution in [0, 0.1) is 0 Å². The summed E-state index contributed by atoms with van der Waals surface area (Å²) in [5.41, 5.74) is 0.874. The molecule has 0 spiro atoms. The molecule has 1 amide bonds. The molecular formula is C18H23N3O2S2. The summed E-state index contributed by atoms with van der Waals surface area (Å²) in [6.07, 6.45) is 6.48. The number of aromatic nitrogens is 2. The minimum absolute atomic E-state index is 0.230. The van der Waals surface area contributed by atoms with Gasteiger partial charge in [0.05, 0.1) is 6.61 Å². The van der Waals surface area contributed by atoms with E-state index in [-0.39, 0.29) is 5.91 Å². The molecule has 1 N–H and O–H groups in total. The summed E-state index contributed by atoms with van der Waals surface area (Å²) < 4.78 is 6.56. The number of ether oxygens (including phenoxy) is 1. The van der Waals surface area contributed by atoms with Crippen molar-refractivity contribution in [2.45, 2.75) is 37.4 Å². The maximum atomic E-state index is 12.1. The Balaban J connectivity index is 1.91. The standard InChI is InChI=1S/C18H23N3O2S2/c1-3-5-13-24-18-21-20-17(25-18)19-16(22)11-10-14-8-6-7-9-15(14)23-12-4-2/h6-11H,3-5,12-13H2,1-2H3,(H,19,20,22)/b11-10+. The van der Waals surface area contributed by atoms with Crippen LogP contribution in [0.1, 0.15) is 38.7 Å². The molecule has 1 aromatic carbocycles. The van der Waals surface area contributed by atoms with Crippen LogP contribution < -0.4 is 10.1 Å². The highest BCUT2D eigenvalue weighted by atomic mass is 32.2. The van der Waals surface area contributed by atoms with Gasteiger partial charge in [0.1, 0.15) is 5.75 Å². The summed E-state index contributed by atoms with van der Waals surface area (Å²) >= 11 is 3.07. The van der Waals surface area contributed by atoms with E-state index in [2.05, 4.69) is 29.4 Å². The molecular weight excluding hydrogens is 354 g/mol. The zero-order chi connectivity index (χ0) is 17.9. The van der Waals surface area contributed by atoms with Crippen molar-refractivity contribution in [2.24, 2.45) is 0 Å². The van der Waals surface area contributed by atoms with Gasteiger partial charge in [0.25, 0.3) is 0 Å². The smallest absolute Gasteiger partial charge is 0.250 e. The van der Waals surface area contributed by atoms with Crippen LogP contribution in [0.4, 0.5) is 5.13 Å². The predicted molar refractivity (Wildman–Crippen MR) is 105 cm³/mol. The van der Waals surface area contributed by atoms with Crippen LogP contribution in [0.2, 0.25) is 0 Å². The van der Waals surface area contributed by atoms with Gasteiger partial charge < -0.3 is 4.74 Å². The summed E-state index contributed by atoms with van der Waals surface area (Å²) in [5, 5.41) is 11.4. The van der Waals surface area contributed by atoms with E-state index in [4.69, 9.17) is 4.74 Å². The molecule has 0 fully saturated rings. The number of anilines is 1. The minimum Gasteiger partial charge on any atom is -0.493 e. The number of carbonyl (C=O) groups is 1. The Morgan fingerprint density at radius 3 is 2.92 bits per heavy atom. The van der Waals surface area contributed by atoms with Gasteiger partial charge in [0, 0.05) is 17.4 Å². The first-order valence-electron chi connectivity index (χ1n) is 8.40. The molecule has 134 valence electrons. The fourth-order valence-corrected chi connectivity index (χ4v) is 3.81. The molecule has 0 saturated heterocycles. The second-order valence-electron chi connectivity index (χ2n) is 5.28.